The lowest BCUT2D eigenvalue weighted by Gasteiger charge is -2.18. The molecule has 2 aromatic heterocycles. The first kappa shape index (κ1) is 32.2. The molecule has 3 heterocycles. The molecule has 0 saturated heterocycles. The van der Waals surface area contributed by atoms with Crippen molar-refractivity contribution >= 4 is 17.2 Å². The van der Waals surface area contributed by atoms with Crippen LogP contribution in [0.4, 0.5) is 0 Å². The van der Waals surface area contributed by atoms with E-state index in [-0.39, 0.29) is 30.5 Å². The van der Waals surface area contributed by atoms with Gasteiger partial charge in [-0.15, -0.1) is 11.3 Å². The van der Waals surface area contributed by atoms with Gasteiger partial charge in [-0.2, -0.15) is 0 Å². The predicted octanol–water partition coefficient (Wildman–Crippen LogP) is 3.92. The maximum Gasteiger partial charge on any atom is 0.220 e. The van der Waals surface area contributed by atoms with E-state index in [1.165, 1.54) is 16.0 Å². The second-order valence-electron chi connectivity index (χ2n) is 11.1. The first-order chi connectivity index (χ1) is 20.3. The summed E-state index contributed by atoms with van der Waals surface area (Å²) in [6, 6.07) is 8.79. The molecule has 2 aliphatic rings. The molecule has 1 aliphatic heterocycles. The Kier molecular flexibility index (Phi) is 11.6. The van der Waals surface area contributed by atoms with Crippen molar-refractivity contribution in [3.8, 4) is 10.6 Å². The van der Waals surface area contributed by atoms with Crippen molar-refractivity contribution in [3.63, 3.8) is 0 Å². The molecule has 10 heteroatoms. The van der Waals surface area contributed by atoms with Gasteiger partial charge >= 0.3 is 0 Å². The predicted molar refractivity (Wildman–Crippen MR) is 167 cm³/mol. The fraction of sp³-hybridized carbons (Fsp3) is 0.562. The maximum atomic E-state index is 12.0. The summed E-state index contributed by atoms with van der Waals surface area (Å²) in [4.78, 5) is 28.1. The number of thiazole rings is 1. The fourth-order valence-corrected chi connectivity index (χ4v) is 6.85. The van der Waals surface area contributed by atoms with Gasteiger partial charge in [-0.25, -0.2) is 15.0 Å². The average molecular weight is 595 g/mol. The highest BCUT2D eigenvalue weighted by Gasteiger charge is 2.32. The van der Waals surface area contributed by atoms with Gasteiger partial charge in [0.2, 0.25) is 5.91 Å². The zero-order valence-corrected chi connectivity index (χ0v) is 26.4. The highest BCUT2D eigenvalue weighted by atomic mass is 32.1. The van der Waals surface area contributed by atoms with Crippen LogP contribution in [0.5, 0.6) is 0 Å². The van der Waals surface area contributed by atoms with E-state index >= 15 is 0 Å². The fourth-order valence-electron chi connectivity index (χ4n) is 5.62. The molecule has 1 fully saturated rings. The number of nitrogens with one attached hydrogen (secondary N) is 3. The van der Waals surface area contributed by atoms with E-state index in [1.807, 2.05) is 20.8 Å². The molecule has 9 nitrogen and oxygen atoms in total. The van der Waals surface area contributed by atoms with Gasteiger partial charge in [0.15, 0.2) is 0 Å². The van der Waals surface area contributed by atoms with Crippen molar-refractivity contribution in [3.05, 3.63) is 63.2 Å². The minimum Gasteiger partial charge on any atom is -0.396 e. The second kappa shape index (κ2) is 15.1. The molecule has 42 heavy (non-hydrogen) atoms. The van der Waals surface area contributed by atoms with Crippen molar-refractivity contribution in [1.82, 2.24) is 30.9 Å². The van der Waals surface area contributed by atoms with Crippen molar-refractivity contribution in [2.24, 2.45) is 5.92 Å². The van der Waals surface area contributed by atoms with Crippen LogP contribution in [-0.2, 0) is 30.7 Å². The van der Waals surface area contributed by atoms with Crippen LogP contribution in [0.25, 0.3) is 10.6 Å². The summed E-state index contributed by atoms with van der Waals surface area (Å²) in [6.07, 6.45) is 2.69. The molecule has 3 aromatic rings. The summed E-state index contributed by atoms with van der Waals surface area (Å²) in [6.45, 7) is 11.9. The van der Waals surface area contributed by atoms with Gasteiger partial charge in [0, 0.05) is 55.4 Å². The van der Waals surface area contributed by atoms with Crippen LogP contribution in [0.3, 0.4) is 0 Å². The Bertz CT molecular complexity index is 1330. The molecule has 4 atom stereocenters. The lowest BCUT2D eigenvalue weighted by Crippen LogP contribution is -2.28. The number of aromatic nitrogens is 3. The minimum absolute atomic E-state index is 0.00573. The Labute approximate surface area is 253 Å². The number of aryl methyl sites for hydroxylation is 3. The highest BCUT2D eigenvalue weighted by Crippen LogP contribution is 2.34. The van der Waals surface area contributed by atoms with Crippen LogP contribution in [0, 0.1) is 19.8 Å². The third kappa shape index (κ3) is 7.99. The summed E-state index contributed by atoms with van der Waals surface area (Å²) >= 11 is 1.67. The Morgan fingerprint density at radius 3 is 2.52 bits per heavy atom. The first-order valence-electron chi connectivity index (χ1n) is 15.2. The van der Waals surface area contributed by atoms with E-state index in [4.69, 9.17) is 15.0 Å². The lowest BCUT2D eigenvalue weighted by atomic mass is 10.1. The van der Waals surface area contributed by atoms with Gasteiger partial charge < -0.3 is 26.2 Å². The molecule has 0 radical (unpaired) electrons. The number of amides is 1. The van der Waals surface area contributed by atoms with E-state index in [1.54, 1.807) is 11.3 Å². The van der Waals surface area contributed by atoms with Crippen molar-refractivity contribution in [2.45, 2.75) is 98.0 Å². The van der Waals surface area contributed by atoms with Crippen LogP contribution in [-0.4, -0.2) is 56.4 Å². The number of rotatable bonds is 9. The molecule has 1 aromatic carbocycles. The topological polar surface area (TPSA) is 132 Å². The van der Waals surface area contributed by atoms with Crippen LogP contribution in [0.2, 0.25) is 0 Å². The first-order valence-corrected chi connectivity index (χ1v) is 16.1. The molecule has 0 bridgehead atoms. The Balaban J connectivity index is 0.00000198. The Morgan fingerprint density at radius 2 is 1.81 bits per heavy atom. The molecule has 0 spiro atoms. The molecule has 1 amide bonds. The van der Waals surface area contributed by atoms with Gasteiger partial charge in [0.25, 0.3) is 0 Å². The molecule has 5 rings (SSSR count). The molecule has 2 unspecified atom stereocenters. The Morgan fingerprint density at radius 1 is 1.05 bits per heavy atom. The number of aliphatic hydroxyl groups excluding tert-OH is 2. The number of fused-ring (bicyclic) bond motifs is 1. The minimum atomic E-state index is -0.494. The average Bonchev–Trinajstić information content (AvgIpc) is 3.55. The summed E-state index contributed by atoms with van der Waals surface area (Å²) in [5, 5.41) is 30.9. The SMILES string of the molecule is CC.Cc1ccc([C@@H](C)NCc2nc(C)c(-c3nc4c(s3)CCNC(=O)CC4)c(CNC3CC(CO)[C@@H](O)C3)n2)cc1. The molecular weight excluding hydrogens is 548 g/mol. The number of nitrogens with zero attached hydrogens (tertiary/aromatic N) is 3. The van der Waals surface area contributed by atoms with Gasteiger partial charge in [-0.1, -0.05) is 43.7 Å². The second-order valence-corrected chi connectivity index (χ2v) is 12.2. The van der Waals surface area contributed by atoms with Gasteiger partial charge in [-0.05, 0) is 45.6 Å². The molecule has 1 aliphatic carbocycles. The number of carbonyl (C=O) groups is 1. The number of hydrogen-bond acceptors (Lipinski definition) is 9. The molecule has 1 saturated carbocycles. The summed E-state index contributed by atoms with van der Waals surface area (Å²) in [5.41, 5.74) is 6.15. The quantitative estimate of drug-likeness (QED) is 0.252. The van der Waals surface area contributed by atoms with E-state index in [9.17, 15) is 15.0 Å². The summed E-state index contributed by atoms with van der Waals surface area (Å²) in [5.74, 6) is 0.699. The van der Waals surface area contributed by atoms with E-state index in [2.05, 4.69) is 54.1 Å². The van der Waals surface area contributed by atoms with Crippen molar-refractivity contribution in [1.29, 1.82) is 0 Å². The number of carbonyl (C=O) groups excluding carboxylic acids is 1. The number of benzene rings is 1. The third-order valence-electron chi connectivity index (χ3n) is 8.06. The highest BCUT2D eigenvalue weighted by molar-refractivity contribution is 7.15. The maximum absolute atomic E-state index is 12.0. The number of aliphatic hydroxyl groups is 2. The van der Waals surface area contributed by atoms with Crippen molar-refractivity contribution in [2.75, 3.05) is 13.2 Å². The zero-order chi connectivity index (χ0) is 30.2. The van der Waals surface area contributed by atoms with Crippen LogP contribution < -0.4 is 16.0 Å². The summed E-state index contributed by atoms with van der Waals surface area (Å²) < 4.78 is 0. The summed E-state index contributed by atoms with van der Waals surface area (Å²) in [7, 11) is 0. The molecule has 228 valence electrons. The van der Waals surface area contributed by atoms with E-state index in [0.29, 0.717) is 38.9 Å². The van der Waals surface area contributed by atoms with Crippen LogP contribution in [0.15, 0.2) is 24.3 Å². The zero-order valence-electron chi connectivity index (χ0n) is 25.5. The number of hydrogen-bond donors (Lipinski definition) is 5. The smallest absolute Gasteiger partial charge is 0.220 e. The normalized spacial score (nSPS) is 21.0. The van der Waals surface area contributed by atoms with E-state index < -0.39 is 6.10 Å². The molecule has 5 N–H and O–H groups in total. The van der Waals surface area contributed by atoms with Crippen LogP contribution in [0.1, 0.15) is 85.0 Å². The van der Waals surface area contributed by atoms with E-state index in [0.717, 1.165) is 46.3 Å². The monoisotopic (exact) mass is 594 g/mol. The van der Waals surface area contributed by atoms with Crippen LogP contribution >= 0.6 is 11.3 Å². The Hall–Kier alpha value is -2.76. The standard InChI is InChI=1S/C30H40N6O3S.C2H6/c1-17-4-6-20(7-5-17)18(2)32-15-27-34-19(3)29(24(35-27)14-33-22-12-21(16-37)25(38)13-22)30-36-23-8-9-28(39)31-11-10-26(23)40-30;1-2/h4-7,18,21-22,25,32-33,37-38H,8-16H2,1-3H3,(H,31,39);1-2H3/t18-,21?,22?,25+;/m1./s1. The lowest BCUT2D eigenvalue weighted by molar-refractivity contribution is -0.121. The van der Waals surface area contributed by atoms with Gasteiger partial charge in [0.1, 0.15) is 10.8 Å². The van der Waals surface area contributed by atoms with Gasteiger partial charge in [0.05, 0.1) is 35.3 Å². The largest absolute Gasteiger partial charge is 0.396 e. The van der Waals surface area contributed by atoms with Crippen molar-refractivity contribution < 1.29 is 15.0 Å². The third-order valence-corrected chi connectivity index (χ3v) is 9.24. The molecular formula is C32H46N6O3S. The van der Waals surface area contributed by atoms with Gasteiger partial charge in [-0.3, -0.25) is 4.79 Å².